The third kappa shape index (κ3) is 4.22. The molecule has 0 heterocycles. The summed E-state index contributed by atoms with van der Waals surface area (Å²) in [5.74, 6) is 0.141. The van der Waals surface area contributed by atoms with Crippen LogP contribution in [0, 0.1) is 6.92 Å². The van der Waals surface area contributed by atoms with Crippen molar-refractivity contribution < 1.29 is 5.21 Å². The van der Waals surface area contributed by atoms with Crippen molar-refractivity contribution in [3.8, 4) is 0 Å². The van der Waals surface area contributed by atoms with E-state index in [1.807, 2.05) is 25.1 Å². The summed E-state index contributed by atoms with van der Waals surface area (Å²) in [5.41, 5.74) is 9.93. The van der Waals surface area contributed by atoms with Crippen LogP contribution in [0.25, 0.3) is 0 Å². The molecule has 0 bridgehead atoms. The van der Waals surface area contributed by atoms with E-state index in [1.165, 1.54) is 11.1 Å². The smallest absolute Gasteiger partial charge is 0.170 e. The maximum Gasteiger partial charge on any atom is 0.170 e. The van der Waals surface area contributed by atoms with E-state index in [2.05, 4.69) is 30.4 Å². The van der Waals surface area contributed by atoms with Gasteiger partial charge in [-0.3, -0.25) is 0 Å². The predicted molar refractivity (Wildman–Crippen MR) is 74.8 cm³/mol. The van der Waals surface area contributed by atoms with Gasteiger partial charge in [-0.2, -0.15) is 0 Å². The quantitative estimate of drug-likeness (QED) is 0.186. The molecule has 1 aromatic rings. The Morgan fingerprint density at radius 3 is 2.72 bits per heavy atom. The van der Waals surface area contributed by atoms with Crippen molar-refractivity contribution in [1.29, 1.82) is 0 Å². The molecule has 0 atom stereocenters. The van der Waals surface area contributed by atoms with Crippen LogP contribution in [0.2, 0.25) is 0 Å². The maximum absolute atomic E-state index is 8.62. The van der Waals surface area contributed by atoms with Crippen LogP contribution in [0.1, 0.15) is 30.5 Å². The highest BCUT2D eigenvalue weighted by Crippen LogP contribution is 2.11. The van der Waals surface area contributed by atoms with Crippen LogP contribution >= 0.6 is 0 Å². The van der Waals surface area contributed by atoms with Gasteiger partial charge >= 0.3 is 0 Å². The molecule has 0 aliphatic rings. The van der Waals surface area contributed by atoms with Crippen molar-refractivity contribution >= 4 is 5.84 Å². The van der Waals surface area contributed by atoms with Gasteiger partial charge in [0.15, 0.2) is 5.84 Å². The molecule has 1 aromatic carbocycles. The molecular formula is C14H21N3O. The summed E-state index contributed by atoms with van der Waals surface area (Å²) in [6.45, 7) is 7.86. The number of aryl methyl sites for hydroxylation is 1. The number of nitrogens with two attached hydrogens (primary N) is 1. The average molecular weight is 247 g/mol. The fourth-order valence-electron chi connectivity index (χ4n) is 1.59. The van der Waals surface area contributed by atoms with E-state index in [4.69, 9.17) is 10.9 Å². The number of rotatable bonds is 5. The highest BCUT2D eigenvalue weighted by atomic mass is 16.4. The third-order valence-corrected chi connectivity index (χ3v) is 2.72. The van der Waals surface area contributed by atoms with Gasteiger partial charge in [-0.05, 0) is 38.0 Å². The second-order valence-corrected chi connectivity index (χ2v) is 4.54. The summed E-state index contributed by atoms with van der Waals surface area (Å²) < 4.78 is 0. The van der Waals surface area contributed by atoms with Crippen LogP contribution in [0.5, 0.6) is 0 Å². The van der Waals surface area contributed by atoms with Crippen molar-refractivity contribution in [3.05, 3.63) is 46.5 Å². The molecule has 0 aliphatic carbocycles. The van der Waals surface area contributed by atoms with Crippen LogP contribution in [0.15, 0.2) is 35.0 Å². The molecule has 0 spiro atoms. The zero-order valence-corrected chi connectivity index (χ0v) is 11.2. The number of hydrogen-bond acceptors (Lipinski definition) is 3. The molecule has 18 heavy (non-hydrogen) atoms. The molecule has 98 valence electrons. The second kappa shape index (κ2) is 6.81. The predicted octanol–water partition coefficient (Wildman–Crippen LogP) is 2.15. The van der Waals surface area contributed by atoms with Gasteiger partial charge in [0.25, 0.3) is 0 Å². The minimum Gasteiger partial charge on any atom is -0.409 e. The number of allylic oxidation sites excluding steroid dienone is 1. The standard InChI is InChI=1S/C14H21N3O/c1-10(2)6-7-16-9-13-5-4-12(8-11(13)3)14(15)17-18/h4-6,8,16,18H,7,9H2,1-3H3,(H2,15,17). The molecule has 4 nitrogen and oxygen atoms in total. The first-order valence-electron chi connectivity index (χ1n) is 5.96. The van der Waals surface area contributed by atoms with Gasteiger partial charge < -0.3 is 16.3 Å². The molecule has 0 saturated carbocycles. The number of hydrogen-bond donors (Lipinski definition) is 3. The zero-order valence-electron chi connectivity index (χ0n) is 11.2. The van der Waals surface area contributed by atoms with Crippen LogP contribution in [-0.2, 0) is 6.54 Å². The lowest BCUT2D eigenvalue weighted by Crippen LogP contribution is -2.16. The Morgan fingerprint density at radius 1 is 1.44 bits per heavy atom. The van der Waals surface area contributed by atoms with Gasteiger partial charge in [-0.25, -0.2) is 0 Å². The average Bonchev–Trinajstić information content (AvgIpc) is 2.34. The van der Waals surface area contributed by atoms with Crippen LogP contribution in [-0.4, -0.2) is 17.6 Å². The summed E-state index contributed by atoms with van der Waals surface area (Å²) in [5, 5.41) is 15.0. The fourth-order valence-corrected chi connectivity index (χ4v) is 1.59. The Labute approximate surface area is 108 Å². The zero-order chi connectivity index (χ0) is 13.5. The lowest BCUT2D eigenvalue weighted by Gasteiger charge is -2.08. The van der Waals surface area contributed by atoms with Crippen LogP contribution in [0.4, 0.5) is 0 Å². The van der Waals surface area contributed by atoms with Crippen molar-refractivity contribution in [2.45, 2.75) is 27.3 Å². The van der Waals surface area contributed by atoms with Gasteiger partial charge in [0.1, 0.15) is 0 Å². The molecule has 4 heteroatoms. The Hall–Kier alpha value is -1.81. The summed E-state index contributed by atoms with van der Waals surface area (Å²) in [6.07, 6.45) is 2.15. The van der Waals surface area contributed by atoms with Gasteiger partial charge in [0.05, 0.1) is 0 Å². The SMILES string of the molecule is CC(C)=CCNCc1ccc(/C(N)=N/O)cc1C. The summed E-state index contributed by atoms with van der Waals surface area (Å²) in [6, 6.07) is 5.78. The minimum atomic E-state index is 0.141. The molecule has 0 radical (unpaired) electrons. The molecule has 0 fully saturated rings. The monoisotopic (exact) mass is 247 g/mol. The molecule has 0 amide bonds. The third-order valence-electron chi connectivity index (χ3n) is 2.72. The largest absolute Gasteiger partial charge is 0.409 e. The lowest BCUT2D eigenvalue weighted by molar-refractivity contribution is 0.318. The summed E-state index contributed by atoms with van der Waals surface area (Å²) in [7, 11) is 0. The van der Waals surface area contributed by atoms with Crippen LogP contribution in [0.3, 0.4) is 0 Å². The Balaban J connectivity index is 2.66. The van der Waals surface area contributed by atoms with E-state index < -0.39 is 0 Å². The number of nitrogens with one attached hydrogen (secondary N) is 1. The van der Waals surface area contributed by atoms with Crippen molar-refractivity contribution in [3.63, 3.8) is 0 Å². The van der Waals surface area contributed by atoms with E-state index >= 15 is 0 Å². The molecular weight excluding hydrogens is 226 g/mol. The highest BCUT2D eigenvalue weighted by molar-refractivity contribution is 5.97. The molecule has 0 aromatic heterocycles. The first-order valence-corrected chi connectivity index (χ1v) is 5.96. The Morgan fingerprint density at radius 2 is 2.17 bits per heavy atom. The van der Waals surface area contributed by atoms with Crippen molar-refractivity contribution in [1.82, 2.24) is 5.32 Å². The van der Waals surface area contributed by atoms with Gasteiger partial charge in [0, 0.05) is 18.7 Å². The molecule has 4 N–H and O–H groups in total. The van der Waals surface area contributed by atoms with E-state index in [9.17, 15) is 0 Å². The minimum absolute atomic E-state index is 0.141. The second-order valence-electron chi connectivity index (χ2n) is 4.54. The molecule has 1 rings (SSSR count). The molecule has 0 saturated heterocycles. The summed E-state index contributed by atoms with van der Waals surface area (Å²) in [4.78, 5) is 0. The number of nitrogens with zero attached hydrogens (tertiary/aromatic N) is 1. The van der Waals surface area contributed by atoms with Gasteiger partial charge in [0.2, 0.25) is 0 Å². The molecule has 0 aliphatic heterocycles. The first kappa shape index (κ1) is 14.3. The first-order chi connectivity index (χ1) is 8.54. The van der Waals surface area contributed by atoms with Crippen molar-refractivity contribution in [2.75, 3.05) is 6.54 Å². The molecule has 0 unspecified atom stereocenters. The number of oxime groups is 1. The van der Waals surface area contributed by atoms with Crippen molar-refractivity contribution in [2.24, 2.45) is 10.9 Å². The number of benzene rings is 1. The van der Waals surface area contributed by atoms with E-state index in [1.54, 1.807) is 0 Å². The Bertz CT molecular complexity index is 460. The Kier molecular flexibility index (Phi) is 5.39. The summed E-state index contributed by atoms with van der Waals surface area (Å²) >= 11 is 0. The highest BCUT2D eigenvalue weighted by Gasteiger charge is 2.03. The fraction of sp³-hybridized carbons (Fsp3) is 0.357. The number of amidine groups is 1. The maximum atomic E-state index is 8.62. The van der Waals surface area contributed by atoms with E-state index in [0.717, 1.165) is 24.2 Å². The van der Waals surface area contributed by atoms with Gasteiger partial charge in [-0.15, -0.1) is 0 Å². The normalized spacial score (nSPS) is 11.4. The topological polar surface area (TPSA) is 70.6 Å². The van der Waals surface area contributed by atoms with E-state index in [0.29, 0.717) is 0 Å². The lowest BCUT2D eigenvalue weighted by atomic mass is 10.0. The van der Waals surface area contributed by atoms with E-state index in [-0.39, 0.29) is 5.84 Å². The van der Waals surface area contributed by atoms with Crippen LogP contribution < -0.4 is 11.1 Å². The van der Waals surface area contributed by atoms with Gasteiger partial charge in [-0.1, -0.05) is 28.9 Å².